The Morgan fingerprint density at radius 3 is 1.80 bits per heavy atom. The van der Waals surface area contributed by atoms with Gasteiger partial charge >= 0.3 is 17.9 Å². The van der Waals surface area contributed by atoms with Crippen molar-refractivity contribution in [3.8, 4) is 39.1 Å². The van der Waals surface area contributed by atoms with Gasteiger partial charge in [-0.1, -0.05) is 105 Å². The second-order valence-corrected chi connectivity index (χ2v) is 11.3. The summed E-state index contributed by atoms with van der Waals surface area (Å²) >= 11 is 0. The molecule has 5 rings (SSSR count). The highest BCUT2D eigenvalue weighted by Gasteiger charge is 2.14. The van der Waals surface area contributed by atoms with Gasteiger partial charge in [-0.25, -0.2) is 14.4 Å². The van der Waals surface area contributed by atoms with Gasteiger partial charge in [-0.2, -0.15) is 0 Å². The van der Waals surface area contributed by atoms with Gasteiger partial charge in [-0.3, -0.25) is 0 Å². The molecule has 0 bridgehead atoms. The standard InChI is InChI=1S/C43H38O7/c1-4-40(44)48-25-7-8-30-9-15-34(16-10-30)43-38(33-17-21-37(22-18-33)47-26-27-49-41(45)5-2)24-20-36-28-35(19-23-39(36)43)32-13-11-31(12-14-32)29-50-42(46)6-3/h4-6,9-24,28H,1-3,7-8,25-27,29H2. The number of fused-ring (bicyclic) bond motifs is 1. The summed E-state index contributed by atoms with van der Waals surface area (Å²) in [5.74, 6) is -0.677. The van der Waals surface area contributed by atoms with Crippen LogP contribution in [0.25, 0.3) is 44.2 Å². The molecule has 0 heterocycles. The Hall–Kier alpha value is -6.21. The normalized spacial score (nSPS) is 10.6. The molecule has 0 aliphatic carbocycles. The van der Waals surface area contributed by atoms with Gasteiger partial charge in [0.25, 0.3) is 0 Å². The van der Waals surface area contributed by atoms with E-state index in [0.717, 1.165) is 73.9 Å². The van der Waals surface area contributed by atoms with Gasteiger partial charge in [-0.15, -0.1) is 0 Å². The van der Waals surface area contributed by atoms with Gasteiger partial charge in [0.1, 0.15) is 25.6 Å². The molecule has 0 saturated carbocycles. The van der Waals surface area contributed by atoms with Crippen molar-refractivity contribution < 1.29 is 33.3 Å². The van der Waals surface area contributed by atoms with Crippen LogP contribution in [0.4, 0.5) is 0 Å². The zero-order valence-corrected chi connectivity index (χ0v) is 27.8. The quantitative estimate of drug-likeness (QED) is 0.0450. The first-order chi connectivity index (χ1) is 24.4. The molecule has 0 unspecified atom stereocenters. The fourth-order valence-electron chi connectivity index (χ4n) is 5.51. The van der Waals surface area contributed by atoms with Crippen LogP contribution >= 0.6 is 0 Å². The first kappa shape index (κ1) is 35.1. The van der Waals surface area contributed by atoms with Gasteiger partial charge < -0.3 is 18.9 Å². The molecule has 0 aliphatic rings. The van der Waals surface area contributed by atoms with E-state index in [1.54, 1.807) is 0 Å². The molecule has 5 aromatic rings. The maximum absolute atomic E-state index is 11.5. The van der Waals surface area contributed by atoms with Crippen molar-refractivity contribution in [1.82, 2.24) is 0 Å². The molecular weight excluding hydrogens is 628 g/mol. The summed E-state index contributed by atoms with van der Waals surface area (Å²) in [4.78, 5) is 34.1. The van der Waals surface area contributed by atoms with Crippen LogP contribution < -0.4 is 4.74 Å². The molecule has 7 nitrogen and oxygen atoms in total. The third kappa shape index (κ3) is 9.23. The molecule has 5 aromatic carbocycles. The molecule has 50 heavy (non-hydrogen) atoms. The van der Waals surface area contributed by atoms with Crippen molar-refractivity contribution >= 4 is 28.7 Å². The molecule has 7 heteroatoms. The second kappa shape index (κ2) is 17.3. The van der Waals surface area contributed by atoms with Crippen LogP contribution in [0, 0.1) is 0 Å². The smallest absolute Gasteiger partial charge is 0.330 e. The van der Waals surface area contributed by atoms with Crippen molar-refractivity contribution in [2.75, 3.05) is 19.8 Å². The molecule has 0 spiro atoms. The highest BCUT2D eigenvalue weighted by molar-refractivity contribution is 6.05. The number of benzene rings is 5. The second-order valence-electron chi connectivity index (χ2n) is 11.3. The maximum atomic E-state index is 11.5. The molecule has 0 fully saturated rings. The van der Waals surface area contributed by atoms with Crippen LogP contribution in [0.5, 0.6) is 5.75 Å². The van der Waals surface area contributed by atoms with Crippen LogP contribution in [0.1, 0.15) is 17.5 Å². The molecule has 0 amide bonds. The molecular formula is C43H38O7. The Morgan fingerprint density at radius 2 is 1.12 bits per heavy atom. The predicted molar refractivity (Wildman–Crippen MR) is 196 cm³/mol. The summed E-state index contributed by atoms with van der Waals surface area (Å²) in [6.45, 7) is 11.2. The highest BCUT2D eigenvalue weighted by atomic mass is 16.6. The first-order valence-electron chi connectivity index (χ1n) is 16.2. The van der Waals surface area contributed by atoms with E-state index in [1.165, 1.54) is 6.08 Å². The molecule has 0 atom stereocenters. The summed E-state index contributed by atoms with van der Waals surface area (Å²) < 4.78 is 21.1. The average molecular weight is 667 g/mol. The van der Waals surface area contributed by atoms with Gasteiger partial charge in [0, 0.05) is 18.2 Å². The van der Waals surface area contributed by atoms with Crippen LogP contribution in [0.15, 0.2) is 141 Å². The molecule has 0 radical (unpaired) electrons. The van der Waals surface area contributed by atoms with E-state index in [1.807, 2.05) is 48.5 Å². The SMILES string of the molecule is C=CC(=O)OCCCc1ccc(-c2c(-c3ccc(OCCOC(=O)C=C)cc3)ccc3cc(-c4ccc(COC(=O)C=C)cc4)ccc23)cc1. The molecule has 0 N–H and O–H groups in total. The lowest BCUT2D eigenvalue weighted by Crippen LogP contribution is -2.10. The lowest BCUT2D eigenvalue weighted by molar-refractivity contribution is -0.139. The van der Waals surface area contributed by atoms with Crippen molar-refractivity contribution in [1.29, 1.82) is 0 Å². The van der Waals surface area contributed by atoms with Gasteiger partial charge in [-0.05, 0) is 86.3 Å². The number of carbonyl (C=O) groups excluding carboxylic acids is 3. The topological polar surface area (TPSA) is 88.1 Å². The van der Waals surface area contributed by atoms with Crippen LogP contribution in [-0.2, 0) is 41.6 Å². The van der Waals surface area contributed by atoms with Gasteiger partial charge in [0.2, 0.25) is 0 Å². The van der Waals surface area contributed by atoms with Gasteiger partial charge in [0.15, 0.2) is 0 Å². The highest BCUT2D eigenvalue weighted by Crippen LogP contribution is 2.40. The Morgan fingerprint density at radius 1 is 0.540 bits per heavy atom. The number of hydrogen-bond acceptors (Lipinski definition) is 7. The lowest BCUT2D eigenvalue weighted by Gasteiger charge is -2.16. The van der Waals surface area contributed by atoms with Crippen molar-refractivity contribution in [3.63, 3.8) is 0 Å². The maximum Gasteiger partial charge on any atom is 0.330 e. The van der Waals surface area contributed by atoms with Crippen LogP contribution in [-0.4, -0.2) is 37.7 Å². The third-order valence-electron chi connectivity index (χ3n) is 8.05. The molecule has 0 aromatic heterocycles. The van der Waals surface area contributed by atoms with E-state index in [-0.39, 0.29) is 19.8 Å². The van der Waals surface area contributed by atoms with Crippen molar-refractivity contribution in [3.05, 3.63) is 152 Å². The third-order valence-corrected chi connectivity index (χ3v) is 8.05. The minimum Gasteiger partial charge on any atom is -0.490 e. The van der Waals surface area contributed by atoms with E-state index in [9.17, 15) is 14.4 Å². The monoisotopic (exact) mass is 666 g/mol. The number of hydrogen-bond donors (Lipinski definition) is 0. The Labute approximate surface area is 292 Å². The zero-order chi connectivity index (χ0) is 35.3. The molecule has 0 saturated heterocycles. The Balaban J connectivity index is 1.43. The number of carbonyl (C=O) groups is 3. The number of ether oxygens (including phenoxy) is 4. The van der Waals surface area contributed by atoms with E-state index in [4.69, 9.17) is 18.9 Å². The summed E-state index contributed by atoms with van der Waals surface area (Å²) in [5.41, 5.74) is 8.43. The zero-order valence-electron chi connectivity index (χ0n) is 27.8. The summed E-state index contributed by atoms with van der Waals surface area (Å²) in [6.07, 6.45) is 4.94. The van der Waals surface area contributed by atoms with E-state index >= 15 is 0 Å². The number of aryl methyl sites for hydroxylation is 1. The fourth-order valence-corrected chi connectivity index (χ4v) is 5.51. The van der Waals surface area contributed by atoms with Crippen LogP contribution in [0.2, 0.25) is 0 Å². The predicted octanol–water partition coefficient (Wildman–Crippen LogP) is 8.84. The largest absolute Gasteiger partial charge is 0.490 e. The minimum atomic E-state index is -0.483. The number of rotatable bonds is 16. The summed E-state index contributed by atoms with van der Waals surface area (Å²) in [7, 11) is 0. The van der Waals surface area contributed by atoms with Gasteiger partial charge in [0.05, 0.1) is 6.61 Å². The Kier molecular flexibility index (Phi) is 12.1. The Bertz CT molecular complexity index is 1990. The average Bonchev–Trinajstić information content (AvgIpc) is 3.17. The summed E-state index contributed by atoms with van der Waals surface area (Å²) in [6, 6.07) is 35.1. The number of esters is 3. The summed E-state index contributed by atoms with van der Waals surface area (Å²) in [5, 5.41) is 2.19. The van der Waals surface area contributed by atoms with Crippen molar-refractivity contribution in [2.45, 2.75) is 19.4 Å². The molecule has 0 aliphatic heterocycles. The first-order valence-corrected chi connectivity index (χ1v) is 16.2. The molecule has 252 valence electrons. The fraction of sp³-hybridized carbons (Fsp3) is 0.140. The van der Waals surface area contributed by atoms with Crippen LogP contribution in [0.3, 0.4) is 0 Å². The van der Waals surface area contributed by atoms with E-state index in [0.29, 0.717) is 18.8 Å². The minimum absolute atomic E-state index is 0.134. The van der Waals surface area contributed by atoms with Crippen molar-refractivity contribution in [2.24, 2.45) is 0 Å². The van der Waals surface area contributed by atoms with E-state index in [2.05, 4.69) is 74.3 Å². The lowest BCUT2D eigenvalue weighted by atomic mass is 9.88. The van der Waals surface area contributed by atoms with E-state index < -0.39 is 17.9 Å².